The molecule has 0 fully saturated rings. The van der Waals surface area contributed by atoms with Crippen molar-refractivity contribution in [3.8, 4) is 5.75 Å². The molecule has 0 saturated heterocycles. The molecule has 0 aliphatic carbocycles. The lowest BCUT2D eigenvalue weighted by atomic mass is 10.1. The van der Waals surface area contributed by atoms with Crippen LogP contribution in [0.3, 0.4) is 0 Å². The Labute approximate surface area is 150 Å². The number of phenols is 1. The van der Waals surface area contributed by atoms with Gasteiger partial charge in [-0.3, -0.25) is 14.9 Å². The summed E-state index contributed by atoms with van der Waals surface area (Å²) >= 11 is 9.06. The van der Waals surface area contributed by atoms with Crippen LogP contribution in [0.1, 0.15) is 11.1 Å². The number of hydrogen-bond donors (Lipinski definition) is 2. The molecule has 0 bridgehead atoms. The van der Waals surface area contributed by atoms with E-state index < -0.39 is 16.4 Å². The Hall–Kier alpha value is -2.45. The van der Waals surface area contributed by atoms with Crippen LogP contribution < -0.4 is 5.43 Å². The molecule has 0 atom stereocenters. The second-order valence-electron chi connectivity index (χ2n) is 4.72. The third-order valence-electron chi connectivity index (χ3n) is 2.95. The van der Waals surface area contributed by atoms with Crippen LogP contribution in [0.4, 0.5) is 5.69 Å². The summed E-state index contributed by atoms with van der Waals surface area (Å²) in [6, 6.07) is 9.54. The highest BCUT2D eigenvalue weighted by Gasteiger charge is 2.17. The number of hydrazone groups is 1. The number of benzene rings is 2. The van der Waals surface area contributed by atoms with Crippen molar-refractivity contribution >= 4 is 45.3 Å². The zero-order valence-corrected chi connectivity index (χ0v) is 14.4. The number of nitro benzene ring substituents is 1. The molecule has 124 valence electrons. The fraction of sp³-hybridized carbons (Fsp3) is 0.0667. The highest BCUT2D eigenvalue weighted by Crippen LogP contribution is 2.32. The maximum absolute atomic E-state index is 11.8. The molecule has 0 aromatic heterocycles. The molecular formula is C15H11BrClN3O4. The van der Waals surface area contributed by atoms with E-state index >= 15 is 0 Å². The van der Waals surface area contributed by atoms with Crippen LogP contribution in [0.15, 0.2) is 46.0 Å². The van der Waals surface area contributed by atoms with E-state index in [1.807, 2.05) is 12.1 Å². The van der Waals surface area contributed by atoms with Crippen LogP contribution >= 0.6 is 27.5 Å². The lowest BCUT2D eigenvalue weighted by molar-refractivity contribution is -0.385. The molecule has 0 radical (unpaired) electrons. The third-order valence-corrected chi connectivity index (χ3v) is 3.70. The summed E-state index contributed by atoms with van der Waals surface area (Å²) in [5, 5.41) is 24.4. The molecule has 2 N–H and O–H groups in total. The van der Waals surface area contributed by atoms with Crippen molar-refractivity contribution in [1.29, 1.82) is 0 Å². The van der Waals surface area contributed by atoms with Crippen molar-refractivity contribution in [3.63, 3.8) is 0 Å². The Morgan fingerprint density at radius 2 is 2.04 bits per heavy atom. The Morgan fingerprint density at radius 3 is 2.67 bits per heavy atom. The average molecular weight is 413 g/mol. The number of nitrogens with zero attached hydrogens (tertiary/aromatic N) is 2. The van der Waals surface area contributed by atoms with Gasteiger partial charge in [-0.05, 0) is 23.8 Å². The lowest BCUT2D eigenvalue weighted by Gasteiger charge is -2.02. The molecular weight excluding hydrogens is 402 g/mol. The molecule has 0 unspecified atom stereocenters. The zero-order chi connectivity index (χ0) is 17.7. The number of nitrogens with one attached hydrogen (secondary N) is 1. The molecule has 0 aliphatic rings. The molecule has 7 nitrogen and oxygen atoms in total. The van der Waals surface area contributed by atoms with Gasteiger partial charge in [-0.1, -0.05) is 39.7 Å². The van der Waals surface area contributed by atoms with Crippen molar-refractivity contribution < 1.29 is 14.8 Å². The molecule has 24 heavy (non-hydrogen) atoms. The number of nitro groups is 1. The van der Waals surface area contributed by atoms with Crippen LogP contribution in [0.5, 0.6) is 5.75 Å². The van der Waals surface area contributed by atoms with Gasteiger partial charge < -0.3 is 5.11 Å². The molecule has 1 amide bonds. The van der Waals surface area contributed by atoms with Gasteiger partial charge in [0.25, 0.3) is 0 Å². The Bertz CT molecular complexity index is 809. The molecule has 2 aromatic rings. The normalized spacial score (nSPS) is 10.8. The molecule has 0 saturated carbocycles. The largest absolute Gasteiger partial charge is 0.502 e. The van der Waals surface area contributed by atoms with Crippen LogP contribution in [-0.4, -0.2) is 22.2 Å². The lowest BCUT2D eigenvalue weighted by Crippen LogP contribution is -2.19. The Morgan fingerprint density at radius 1 is 1.38 bits per heavy atom. The van der Waals surface area contributed by atoms with Gasteiger partial charge in [0.2, 0.25) is 11.7 Å². The number of hydrogen-bond acceptors (Lipinski definition) is 5. The van der Waals surface area contributed by atoms with Gasteiger partial charge in [0.05, 0.1) is 17.6 Å². The van der Waals surface area contributed by atoms with Gasteiger partial charge in [0, 0.05) is 21.1 Å². The quantitative estimate of drug-likeness (QED) is 0.446. The van der Waals surface area contributed by atoms with Crippen LogP contribution in [-0.2, 0) is 11.2 Å². The fourth-order valence-corrected chi connectivity index (χ4v) is 2.33. The van der Waals surface area contributed by atoms with Gasteiger partial charge in [-0.25, -0.2) is 5.43 Å². The summed E-state index contributed by atoms with van der Waals surface area (Å²) in [4.78, 5) is 21.8. The van der Waals surface area contributed by atoms with E-state index in [0.29, 0.717) is 0 Å². The van der Waals surface area contributed by atoms with Gasteiger partial charge in [0.15, 0.2) is 0 Å². The predicted molar refractivity (Wildman–Crippen MR) is 93.4 cm³/mol. The Kier molecular flexibility index (Phi) is 5.88. The first-order valence-electron chi connectivity index (χ1n) is 6.60. The van der Waals surface area contributed by atoms with Crippen molar-refractivity contribution in [2.24, 2.45) is 5.10 Å². The summed E-state index contributed by atoms with van der Waals surface area (Å²) in [5.41, 5.74) is 2.57. The summed E-state index contributed by atoms with van der Waals surface area (Å²) < 4.78 is 0.905. The number of phenolic OH excluding ortho intramolecular Hbond substituents is 1. The smallest absolute Gasteiger partial charge is 0.312 e. The highest BCUT2D eigenvalue weighted by molar-refractivity contribution is 9.10. The third kappa shape index (κ3) is 4.77. The average Bonchev–Trinajstić information content (AvgIpc) is 2.52. The van der Waals surface area contributed by atoms with Crippen molar-refractivity contribution in [2.45, 2.75) is 6.42 Å². The number of halogens is 2. The maximum atomic E-state index is 11.8. The molecule has 0 aliphatic heterocycles. The first-order chi connectivity index (χ1) is 11.4. The number of amides is 1. The maximum Gasteiger partial charge on any atom is 0.312 e. The highest BCUT2D eigenvalue weighted by atomic mass is 79.9. The molecule has 2 aromatic carbocycles. The van der Waals surface area contributed by atoms with E-state index in [9.17, 15) is 20.0 Å². The minimum atomic E-state index is -0.759. The summed E-state index contributed by atoms with van der Waals surface area (Å²) in [5.74, 6) is -0.945. The molecule has 0 heterocycles. The van der Waals surface area contributed by atoms with Crippen LogP contribution in [0.25, 0.3) is 0 Å². The second-order valence-corrected chi connectivity index (χ2v) is 6.07. The number of carbonyl (C=O) groups excluding carboxylic acids is 1. The van der Waals surface area contributed by atoms with E-state index in [1.54, 1.807) is 12.1 Å². The van der Waals surface area contributed by atoms with Crippen molar-refractivity contribution in [1.82, 2.24) is 5.43 Å². The van der Waals surface area contributed by atoms with Gasteiger partial charge in [-0.2, -0.15) is 5.10 Å². The van der Waals surface area contributed by atoms with Crippen molar-refractivity contribution in [2.75, 3.05) is 0 Å². The minimum Gasteiger partial charge on any atom is -0.502 e. The van der Waals surface area contributed by atoms with Crippen LogP contribution in [0.2, 0.25) is 5.02 Å². The summed E-state index contributed by atoms with van der Waals surface area (Å²) in [6.45, 7) is 0. The monoisotopic (exact) mass is 411 g/mol. The van der Waals surface area contributed by atoms with Crippen molar-refractivity contribution in [3.05, 3.63) is 67.1 Å². The first kappa shape index (κ1) is 17.9. The number of aromatic hydroxyl groups is 1. The molecule has 0 spiro atoms. The fourth-order valence-electron chi connectivity index (χ4n) is 1.84. The Balaban J connectivity index is 2.05. The summed E-state index contributed by atoms with van der Waals surface area (Å²) in [7, 11) is 0. The van der Waals surface area contributed by atoms with E-state index in [4.69, 9.17) is 11.6 Å². The standard InChI is InChI=1S/C15H11BrClN3O4/c16-11-3-1-9(2-4-11)5-14(21)19-18-8-10-6-12(17)7-13(15(10)22)20(23)24/h1-4,6-8,22H,5H2,(H,19,21)/b18-8+. The predicted octanol–water partition coefficient (Wildman–Crippen LogP) is 3.41. The van der Waals surface area contributed by atoms with Gasteiger partial charge in [-0.15, -0.1) is 0 Å². The van der Waals surface area contributed by atoms with Gasteiger partial charge in [0.1, 0.15) is 0 Å². The first-order valence-corrected chi connectivity index (χ1v) is 7.77. The molecule has 2 rings (SSSR count). The van der Waals surface area contributed by atoms with Gasteiger partial charge >= 0.3 is 5.69 Å². The number of carbonyl (C=O) groups is 1. The minimum absolute atomic E-state index is 0.0261. The van der Waals surface area contributed by atoms with E-state index in [1.165, 1.54) is 6.07 Å². The second kappa shape index (κ2) is 7.89. The van der Waals surface area contributed by atoms with E-state index in [2.05, 4.69) is 26.5 Å². The SMILES string of the molecule is O=C(Cc1ccc(Br)cc1)N/N=C/c1cc(Cl)cc([N+](=O)[O-])c1O. The van der Waals surface area contributed by atoms with Crippen LogP contribution in [0, 0.1) is 10.1 Å². The number of rotatable bonds is 5. The molecule has 9 heteroatoms. The van der Waals surface area contributed by atoms with E-state index in [0.717, 1.165) is 22.3 Å². The summed E-state index contributed by atoms with van der Waals surface area (Å²) in [6.07, 6.45) is 1.21. The van der Waals surface area contributed by atoms with E-state index in [-0.39, 0.29) is 22.9 Å². The zero-order valence-electron chi connectivity index (χ0n) is 12.1. The topological polar surface area (TPSA) is 105 Å².